The van der Waals surface area contributed by atoms with Crippen molar-refractivity contribution < 1.29 is 9.90 Å². The normalized spacial score (nSPS) is 10.9. The smallest absolute Gasteiger partial charge is 0.303 e. The number of aromatic nitrogens is 3. The monoisotopic (exact) mass is 211 g/mol. The number of aryl methyl sites for hydroxylation is 1. The predicted molar refractivity (Wildman–Crippen MR) is 55.6 cm³/mol. The van der Waals surface area contributed by atoms with Gasteiger partial charge in [-0.2, -0.15) is 0 Å². The minimum absolute atomic E-state index is 0.234. The zero-order chi connectivity index (χ0) is 11.3. The molecule has 0 bridgehead atoms. The lowest BCUT2D eigenvalue weighted by Gasteiger charge is -2.01. The lowest BCUT2D eigenvalue weighted by atomic mass is 10.1. The van der Waals surface area contributed by atoms with E-state index < -0.39 is 5.97 Å². The number of hydrogen-bond donors (Lipinski definition) is 1. The predicted octanol–water partition coefficient (Wildman–Crippen LogP) is 1.66. The molecule has 0 aliphatic carbocycles. The Morgan fingerprint density at radius 2 is 2.27 bits per heavy atom. The van der Waals surface area contributed by atoms with E-state index in [1.165, 1.54) is 0 Å². The van der Waals surface area contributed by atoms with E-state index in [1.807, 2.05) is 24.7 Å². The van der Waals surface area contributed by atoms with Gasteiger partial charge in [0.25, 0.3) is 0 Å². The first kappa shape index (κ1) is 11.7. The van der Waals surface area contributed by atoms with Crippen molar-refractivity contribution in [1.82, 2.24) is 15.0 Å². The highest BCUT2D eigenvalue weighted by Crippen LogP contribution is 2.06. The average Bonchev–Trinajstić information content (AvgIpc) is 2.60. The topological polar surface area (TPSA) is 68.0 Å². The van der Waals surface area contributed by atoms with Gasteiger partial charge >= 0.3 is 5.97 Å². The molecule has 1 aromatic rings. The van der Waals surface area contributed by atoms with Crippen LogP contribution >= 0.6 is 0 Å². The van der Waals surface area contributed by atoms with E-state index in [2.05, 4.69) is 10.3 Å². The van der Waals surface area contributed by atoms with Crippen LogP contribution in [0.1, 0.15) is 44.8 Å². The minimum Gasteiger partial charge on any atom is -0.481 e. The number of nitrogens with zero attached hydrogens (tertiary/aromatic N) is 3. The first-order valence-corrected chi connectivity index (χ1v) is 5.22. The Morgan fingerprint density at radius 1 is 1.53 bits per heavy atom. The molecule has 0 unspecified atom stereocenters. The van der Waals surface area contributed by atoms with Crippen LogP contribution in [-0.2, 0) is 11.2 Å². The number of unbranched alkanes of at least 4 members (excludes halogenated alkanes) is 1. The van der Waals surface area contributed by atoms with E-state index in [0.29, 0.717) is 12.5 Å². The first-order chi connectivity index (χ1) is 7.09. The van der Waals surface area contributed by atoms with Crippen LogP contribution in [-0.4, -0.2) is 26.1 Å². The summed E-state index contributed by atoms with van der Waals surface area (Å²) in [5.41, 5.74) is 0.939. The van der Waals surface area contributed by atoms with Crippen LogP contribution in [0, 0.1) is 0 Å². The van der Waals surface area contributed by atoms with E-state index in [9.17, 15) is 4.79 Å². The van der Waals surface area contributed by atoms with Crippen LogP contribution in [0.25, 0.3) is 0 Å². The van der Waals surface area contributed by atoms with E-state index in [-0.39, 0.29) is 6.42 Å². The number of carboxylic acids is 1. The second-order valence-corrected chi connectivity index (χ2v) is 3.88. The molecule has 84 valence electrons. The van der Waals surface area contributed by atoms with Crippen molar-refractivity contribution in [3.8, 4) is 0 Å². The molecule has 0 atom stereocenters. The zero-order valence-electron chi connectivity index (χ0n) is 9.18. The van der Waals surface area contributed by atoms with Crippen LogP contribution in [0.4, 0.5) is 0 Å². The number of carboxylic acid groups (broad SMARTS) is 1. The minimum atomic E-state index is -0.735. The van der Waals surface area contributed by atoms with Gasteiger partial charge < -0.3 is 5.11 Å². The molecule has 0 radical (unpaired) electrons. The number of aliphatic carboxylic acids is 1. The van der Waals surface area contributed by atoms with E-state index in [4.69, 9.17) is 5.11 Å². The molecule has 0 spiro atoms. The quantitative estimate of drug-likeness (QED) is 0.726. The molecule has 0 saturated carbocycles. The number of hydrogen-bond acceptors (Lipinski definition) is 3. The fourth-order valence-corrected chi connectivity index (χ4v) is 1.26. The average molecular weight is 211 g/mol. The van der Waals surface area contributed by atoms with Crippen molar-refractivity contribution >= 4 is 5.97 Å². The maximum Gasteiger partial charge on any atom is 0.303 e. The summed E-state index contributed by atoms with van der Waals surface area (Å²) in [6.45, 7) is 4.09. The lowest BCUT2D eigenvalue weighted by molar-refractivity contribution is -0.137. The fraction of sp³-hybridized carbons (Fsp3) is 0.700. The van der Waals surface area contributed by atoms with Gasteiger partial charge in [0.1, 0.15) is 0 Å². The van der Waals surface area contributed by atoms with Gasteiger partial charge in [-0.15, -0.1) is 5.10 Å². The Morgan fingerprint density at radius 3 is 2.80 bits per heavy atom. The molecule has 0 aromatic carbocycles. The third-order valence-corrected chi connectivity index (χ3v) is 2.16. The summed E-state index contributed by atoms with van der Waals surface area (Å²) in [4.78, 5) is 10.3. The van der Waals surface area contributed by atoms with Crippen LogP contribution in [0.5, 0.6) is 0 Å². The Balaban J connectivity index is 2.28. The fourth-order valence-electron chi connectivity index (χ4n) is 1.26. The third-order valence-electron chi connectivity index (χ3n) is 2.16. The molecule has 0 aliphatic heterocycles. The van der Waals surface area contributed by atoms with Crippen molar-refractivity contribution in [2.45, 2.75) is 45.6 Å². The summed E-state index contributed by atoms with van der Waals surface area (Å²) in [5, 5.41) is 16.5. The summed E-state index contributed by atoms with van der Waals surface area (Å²) >= 11 is 0. The standard InChI is InChI=1S/C10H17N3O2/c1-8(2)13-7-9(11-12-13)5-3-4-6-10(14)15/h7-8H,3-6H2,1-2H3,(H,14,15). The van der Waals surface area contributed by atoms with Crippen molar-refractivity contribution in [2.24, 2.45) is 0 Å². The molecule has 1 heterocycles. The van der Waals surface area contributed by atoms with Gasteiger partial charge in [0, 0.05) is 18.7 Å². The molecule has 0 fully saturated rings. The van der Waals surface area contributed by atoms with Crippen LogP contribution in [0.2, 0.25) is 0 Å². The van der Waals surface area contributed by atoms with Crippen molar-refractivity contribution in [2.75, 3.05) is 0 Å². The molecule has 5 nitrogen and oxygen atoms in total. The number of carbonyl (C=O) groups is 1. The number of rotatable bonds is 6. The van der Waals surface area contributed by atoms with Crippen LogP contribution in [0.15, 0.2) is 6.20 Å². The second-order valence-electron chi connectivity index (χ2n) is 3.88. The van der Waals surface area contributed by atoms with Crippen LogP contribution < -0.4 is 0 Å². The summed E-state index contributed by atoms with van der Waals surface area (Å²) in [7, 11) is 0. The van der Waals surface area contributed by atoms with Gasteiger partial charge in [-0.05, 0) is 33.1 Å². The van der Waals surface area contributed by atoms with Gasteiger partial charge in [-0.3, -0.25) is 4.79 Å². The molecule has 1 rings (SSSR count). The lowest BCUT2D eigenvalue weighted by Crippen LogP contribution is -2.00. The highest BCUT2D eigenvalue weighted by atomic mass is 16.4. The largest absolute Gasteiger partial charge is 0.481 e. The Kier molecular flexibility index (Phi) is 4.27. The van der Waals surface area contributed by atoms with Crippen molar-refractivity contribution in [3.05, 3.63) is 11.9 Å². The third kappa shape index (κ3) is 4.10. The van der Waals surface area contributed by atoms with E-state index in [0.717, 1.165) is 18.5 Å². The molecule has 15 heavy (non-hydrogen) atoms. The molecular formula is C10H17N3O2. The van der Waals surface area contributed by atoms with E-state index in [1.54, 1.807) is 0 Å². The highest BCUT2D eigenvalue weighted by Gasteiger charge is 2.03. The Hall–Kier alpha value is -1.39. The van der Waals surface area contributed by atoms with Crippen molar-refractivity contribution in [3.63, 3.8) is 0 Å². The zero-order valence-corrected chi connectivity index (χ0v) is 9.18. The Bertz CT molecular complexity index is 320. The highest BCUT2D eigenvalue weighted by molar-refractivity contribution is 5.66. The molecule has 0 aliphatic rings. The molecule has 1 aromatic heterocycles. The maximum atomic E-state index is 10.3. The van der Waals surface area contributed by atoms with Gasteiger partial charge in [-0.25, -0.2) is 4.68 Å². The molecule has 1 N–H and O–H groups in total. The van der Waals surface area contributed by atoms with Crippen molar-refractivity contribution in [1.29, 1.82) is 0 Å². The van der Waals surface area contributed by atoms with Gasteiger partial charge in [0.15, 0.2) is 0 Å². The molecule has 0 saturated heterocycles. The summed E-state index contributed by atoms with van der Waals surface area (Å²) in [6.07, 6.45) is 4.51. The summed E-state index contributed by atoms with van der Waals surface area (Å²) < 4.78 is 1.81. The summed E-state index contributed by atoms with van der Waals surface area (Å²) in [6, 6.07) is 0.324. The van der Waals surface area contributed by atoms with Gasteiger partial charge in [-0.1, -0.05) is 5.21 Å². The second kappa shape index (κ2) is 5.48. The molecule has 5 heteroatoms. The van der Waals surface area contributed by atoms with Gasteiger partial charge in [0.05, 0.1) is 5.69 Å². The SMILES string of the molecule is CC(C)n1cc(CCCCC(=O)O)nn1. The molecular weight excluding hydrogens is 194 g/mol. The Labute approximate surface area is 89.1 Å². The van der Waals surface area contributed by atoms with E-state index >= 15 is 0 Å². The first-order valence-electron chi connectivity index (χ1n) is 5.22. The van der Waals surface area contributed by atoms with Crippen LogP contribution in [0.3, 0.4) is 0 Å². The maximum absolute atomic E-state index is 10.3. The molecule has 0 amide bonds. The summed E-state index contributed by atoms with van der Waals surface area (Å²) in [5.74, 6) is -0.735. The van der Waals surface area contributed by atoms with Gasteiger partial charge in [0.2, 0.25) is 0 Å².